The highest BCUT2D eigenvalue weighted by atomic mass is 14.0. The van der Waals surface area contributed by atoms with E-state index in [4.69, 9.17) is 0 Å². The smallest absolute Gasteiger partial charge is 0.0155 e. The van der Waals surface area contributed by atoms with E-state index in [9.17, 15) is 0 Å². The molecule has 0 aliphatic carbocycles. The molecular weight excluding hydrogens is 372 g/mol. The van der Waals surface area contributed by atoms with Crippen molar-refractivity contribution in [2.75, 3.05) is 0 Å². The van der Waals surface area contributed by atoms with Crippen LogP contribution in [0, 0.1) is 13.8 Å². The zero-order valence-corrected chi connectivity index (χ0v) is 18.2. The molecule has 4 aromatic rings. The number of rotatable bonds is 1. The molecule has 0 heterocycles. The first kappa shape index (κ1) is 32.8. The lowest BCUT2D eigenvalue weighted by molar-refractivity contribution is 1.47. The van der Waals surface area contributed by atoms with Crippen molar-refractivity contribution >= 4 is 10.8 Å². The van der Waals surface area contributed by atoms with Gasteiger partial charge in [-0.05, 0) is 41.3 Å². The highest BCUT2D eigenvalue weighted by Crippen LogP contribution is 2.19. The fourth-order valence-corrected chi connectivity index (χ4v) is 2.84. The van der Waals surface area contributed by atoms with Gasteiger partial charge in [0, 0.05) is 0 Å². The minimum absolute atomic E-state index is 0. The van der Waals surface area contributed by atoms with E-state index in [2.05, 4.69) is 105 Å². The van der Waals surface area contributed by atoms with Crippen LogP contribution in [0.15, 0.2) is 97.1 Å². The Bertz CT molecular complexity index is 915. The fourth-order valence-electron chi connectivity index (χ4n) is 2.84. The van der Waals surface area contributed by atoms with Crippen LogP contribution in [0.5, 0.6) is 0 Å². The third kappa shape index (κ3) is 10.6. The number of benzene rings is 4. The summed E-state index contributed by atoms with van der Waals surface area (Å²) in [6, 6.07) is 33.8. The molecule has 0 bridgehead atoms. The molecule has 170 valence electrons. The van der Waals surface area contributed by atoms with E-state index in [0.29, 0.717) is 0 Å². The van der Waals surface area contributed by atoms with E-state index in [1.54, 1.807) is 0 Å². The quantitative estimate of drug-likeness (QED) is 0.288. The normalized spacial score (nSPS) is 8.19. The molecule has 0 radical (unpaired) electrons. The molecule has 0 fully saturated rings. The number of hydrogen-bond acceptors (Lipinski definition) is 0. The number of hydrogen-bond donors (Lipinski definition) is 0. The van der Waals surface area contributed by atoms with Gasteiger partial charge in [0.2, 0.25) is 0 Å². The molecule has 0 saturated carbocycles. The Morgan fingerprint density at radius 2 is 0.935 bits per heavy atom. The second-order valence-electron chi connectivity index (χ2n) is 6.03. The van der Waals surface area contributed by atoms with Gasteiger partial charge in [-0.25, -0.2) is 0 Å². The first-order chi connectivity index (χ1) is 13.7. The maximum atomic E-state index is 2.20. The third-order valence-corrected chi connectivity index (χ3v) is 4.13. The van der Waals surface area contributed by atoms with Gasteiger partial charge in [0.15, 0.2) is 0 Å². The molecule has 0 spiro atoms. The topological polar surface area (TPSA) is 0 Å². The summed E-state index contributed by atoms with van der Waals surface area (Å²) in [5, 5.41) is 2.68. The van der Waals surface area contributed by atoms with Crippen LogP contribution in [0.3, 0.4) is 0 Å². The van der Waals surface area contributed by atoms with Crippen molar-refractivity contribution in [1.82, 2.24) is 0 Å². The number of fused-ring (bicyclic) bond motifs is 1. The van der Waals surface area contributed by atoms with E-state index in [-0.39, 0.29) is 22.3 Å². The maximum Gasteiger partial charge on any atom is -0.0155 e. The van der Waals surface area contributed by atoms with E-state index in [0.717, 1.165) is 0 Å². The predicted octanol–water partition coefficient (Wildman–Crippen LogP) is 10.8. The first-order valence-corrected chi connectivity index (χ1v) is 10.3. The first-order valence-electron chi connectivity index (χ1n) is 10.3. The van der Waals surface area contributed by atoms with Gasteiger partial charge in [-0.2, -0.15) is 0 Å². The molecule has 0 aliphatic rings. The van der Waals surface area contributed by atoms with E-state index >= 15 is 0 Å². The summed E-state index contributed by atoms with van der Waals surface area (Å²) in [6.07, 6.45) is 0. The van der Waals surface area contributed by atoms with Crippen LogP contribution >= 0.6 is 0 Å². The lowest BCUT2D eigenvalue weighted by atomic mass is 10.0. The summed E-state index contributed by atoms with van der Waals surface area (Å²) in [7, 11) is 0. The molecule has 0 N–H and O–H groups in total. The van der Waals surface area contributed by atoms with Gasteiger partial charge in [-0.1, -0.05) is 153 Å². The van der Waals surface area contributed by atoms with Gasteiger partial charge in [0.1, 0.15) is 0 Å². The average molecular weight is 419 g/mol. The molecule has 0 saturated heterocycles. The van der Waals surface area contributed by atoms with Gasteiger partial charge in [-0.15, -0.1) is 0 Å². The van der Waals surface area contributed by atoms with Crippen LogP contribution in [0.1, 0.15) is 61.1 Å². The van der Waals surface area contributed by atoms with Crippen molar-refractivity contribution < 1.29 is 0 Å². The van der Waals surface area contributed by atoms with Crippen molar-refractivity contribution in [2.24, 2.45) is 0 Å². The molecule has 0 unspecified atom stereocenters. The van der Waals surface area contributed by atoms with Crippen LogP contribution in [0.2, 0.25) is 0 Å². The minimum Gasteiger partial charge on any atom is -0.0776 e. The maximum absolute atomic E-state index is 2.20. The van der Waals surface area contributed by atoms with Crippen LogP contribution in [-0.4, -0.2) is 0 Å². The van der Waals surface area contributed by atoms with E-state index in [1.165, 1.54) is 33.0 Å². The zero-order valence-electron chi connectivity index (χ0n) is 18.2. The highest BCUT2D eigenvalue weighted by molar-refractivity contribution is 5.85. The summed E-state index contributed by atoms with van der Waals surface area (Å²) in [4.78, 5) is 0. The minimum atomic E-state index is 0. The monoisotopic (exact) mass is 418 g/mol. The molecule has 0 nitrogen and oxygen atoms in total. The molecule has 0 amide bonds. The van der Waals surface area contributed by atoms with Gasteiger partial charge in [-0.3, -0.25) is 0 Å². The molecular formula is C31H46. The molecule has 0 aliphatic heterocycles. The SMILES string of the molecule is C.C.C.CC.CC.Cc1cccc(-c2ccccc2)c1.Cc1cccc2ccccc12. The Balaban J connectivity index is -0.000000405. The highest BCUT2D eigenvalue weighted by Gasteiger charge is 1.94. The largest absolute Gasteiger partial charge is 0.0776 e. The van der Waals surface area contributed by atoms with Crippen LogP contribution < -0.4 is 0 Å². The molecule has 31 heavy (non-hydrogen) atoms. The van der Waals surface area contributed by atoms with Gasteiger partial charge in [0.05, 0.1) is 0 Å². The predicted molar refractivity (Wildman–Crippen MR) is 148 cm³/mol. The Kier molecular flexibility index (Phi) is 20.2. The second-order valence-corrected chi connectivity index (χ2v) is 6.03. The summed E-state index contributed by atoms with van der Waals surface area (Å²) in [5.41, 5.74) is 5.23. The van der Waals surface area contributed by atoms with Crippen molar-refractivity contribution in [3.05, 3.63) is 108 Å². The molecule has 0 atom stereocenters. The number of aryl methyl sites for hydroxylation is 2. The Labute approximate surface area is 194 Å². The Hall–Kier alpha value is -2.86. The lowest BCUT2D eigenvalue weighted by Crippen LogP contribution is -1.77. The van der Waals surface area contributed by atoms with Crippen molar-refractivity contribution in [2.45, 2.75) is 63.8 Å². The van der Waals surface area contributed by atoms with Crippen molar-refractivity contribution in [3.8, 4) is 11.1 Å². The molecule has 4 rings (SSSR count). The fraction of sp³-hybridized carbons (Fsp3) is 0.290. The van der Waals surface area contributed by atoms with Gasteiger partial charge in [0.25, 0.3) is 0 Å². The summed E-state index contributed by atoms with van der Waals surface area (Å²) < 4.78 is 0. The standard InChI is InChI=1S/C13H12.C11H10.2C2H6.3CH4/c1-11-6-5-9-13(10-11)12-7-3-2-4-8-12;1-9-5-4-7-10-6-2-3-8-11(9)10;2*1-2;;;/h2-10H,1H3;2-8H,1H3;2*1-2H3;3*1H4. The summed E-state index contributed by atoms with van der Waals surface area (Å²) in [5.74, 6) is 0. The summed E-state index contributed by atoms with van der Waals surface area (Å²) in [6.45, 7) is 12.3. The Morgan fingerprint density at radius 3 is 1.52 bits per heavy atom. The average Bonchev–Trinajstić information content (AvgIpc) is 2.78. The molecule has 4 aromatic carbocycles. The Morgan fingerprint density at radius 1 is 0.452 bits per heavy atom. The van der Waals surface area contributed by atoms with Crippen molar-refractivity contribution in [3.63, 3.8) is 0 Å². The second kappa shape index (κ2) is 19.1. The lowest BCUT2D eigenvalue weighted by Gasteiger charge is -2.01. The van der Waals surface area contributed by atoms with Gasteiger partial charge < -0.3 is 0 Å². The summed E-state index contributed by atoms with van der Waals surface area (Å²) >= 11 is 0. The van der Waals surface area contributed by atoms with Crippen LogP contribution in [0.25, 0.3) is 21.9 Å². The molecule has 0 aromatic heterocycles. The molecule has 0 heteroatoms. The van der Waals surface area contributed by atoms with Crippen LogP contribution in [-0.2, 0) is 0 Å². The van der Waals surface area contributed by atoms with Crippen molar-refractivity contribution in [1.29, 1.82) is 0 Å². The van der Waals surface area contributed by atoms with E-state index < -0.39 is 0 Å². The zero-order chi connectivity index (χ0) is 20.8. The van der Waals surface area contributed by atoms with Gasteiger partial charge >= 0.3 is 0 Å². The van der Waals surface area contributed by atoms with E-state index in [1.807, 2.05) is 33.8 Å². The third-order valence-electron chi connectivity index (χ3n) is 4.13. The van der Waals surface area contributed by atoms with Crippen LogP contribution in [0.4, 0.5) is 0 Å².